The summed E-state index contributed by atoms with van der Waals surface area (Å²) in [5.41, 5.74) is 0. The summed E-state index contributed by atoms with van der Waals surface area (Å²) in [7, 11) is -4.71. The monoisotopic (exact) mass is 502 g/mol. The second kappa shape index (κ2) is 21.8. The van der Waals surface area contributed by atoms with E-state index in [0.29, 0.717) is 6.42 Å². The summed E-state index contributed by atoms with van der Waals surface area (Å²) in [5.74, 6) is -1.10. The standard InChI is InChI=1S/C25H43O8P/c1-3-4-5-6-7-8-9-10-11-12-13-14-15-16-17-18-19-20-25(27)33-24(21-31-23(2)26)22-32-34(28,29)30/h4-5,7-8,10-11,24H,3,6,9,12-22H2,1-2H3,(H2,28,29,30)/b5-4-,8-7-,11-10-. The molecule has 0 spiro atoms. The molecule has 1 atom stereocenters. The van der Waals surface area contributed by atoms with Gasteiger partial charge in [-0.05, 0) is 38.5 Å². The highest BCUT2D eigenvalue weighted by Gasteiger charge is 2.22. The average molecular weight is 503 g/mol. The minimum absolute atomic E-state index is 0.195. The molecule has 0 aromatic heterocycles. The summed E-state index contributed by atoms with van der Waals surface area (Å²) in [4.78, 5) is 40.4. The van der Waals surface area contributed by atoms with Gasteiger partial charge in [-0.25, -0.2) is 4.57 Å². The van der Waals surface area contributed by atoms with Crippen LogP contribution in [0, 0.1) is 0 Å². The van der Waals surface area contributed by atoms with E-state index in [2.05, 4.69) is 47.9 Å². The highest BCUT2D eigenvalue weighted by Crippen LogP contribution is 2.35. The van der Waals surface area contributed by atoms with E-state index in [0.717, 1.165) is 44.9 Å². The van der Waals surface area contributed by atoms with E-state index < -0.39 is 32.5 Å². The van der Waals surface area contributed by atoms with Crippen LogP contribution in [0.25, 0.3) is 0 Å². The van der Waals surface area contributed by atoms with Gasteiger partial charge >= 0.3 is 19.8 Å². The Bertz CT molecular complexity index is 666. The molecule has 0 bridgehead atoms. The highest BCUT2D eigenvalue weighted by molar-refractivity contribution is 7.46. The number of carbonyl (C=O) groups is 2. The van der Waals surface area contributed by atoms with Crippen molar-refractivity contribution in [1.82, 2.24) is 0 Å². The topological polar surface area (TPSA) is 119 Å². The molecule has 0 aromatic rings. The zero-order valence-corrected chi connectivity index (χ0v) is 21.6. The summed E-state index contributed by atoms with van der Waals surface area (Å²) < 4.78 is 25.1. The van der Waals surface area contributed by atoms with Crippen LogP contribution in [0.3, 0.4) is 0 Å². The first-order valence-electron chi connectivity index (χ1n) is 12.2. The summed E-state index contributed by atoms with van der Waals surface area (Å²) in [6, 6.07) is 0. The molecule has 0 aliphatic rings. The van der Waals surface area contributed by atoms with Crippen molar-refractivity contribution < 1.29 is 37.9 Å². The summed E-state index contributed by atoms with van der Waals surface area (Å²) in [6.45, 7) is 2.46. The van der Waals surface area contributed by atoms with Gasteiger partial charge in [0, 0.05) is 13.3 Å². The third-order valence-electron chi connectivity index (χ3n) is 4.73. The second-order valence-electron chi connectivity index (χ2n) is 8.01. The molecule has 0 amide bonds. The van der Waals surface area contributed by atoms with E-state index in [1.54, 1.807) is 0 Å². The molecule has 0 saturated carbocycles. The molecule has 0 rings (SSSR count). The van der Waals surface area contributed by atoms with Crippen LogP contribution in [0.2, 0.25) is 0 Å². The van der Waals surface area contributed by atoms with Crippen molar-refractivity contribution in [2.75, 3.05) is 13.2 Å². The number of unbranched alkanes of at least 4 members (excludes halogenated alkanes) is 7. The minimum Gasteiger partial charge on any atom is -0.462 e. The number of allylic oxidation sites excluding steroid dienone is 6. The third-order valence-corrected chi connectivity index (χ3v) is 5.22. The number of hydrogen-bond donors (Lipinski definition) is 2. The van der Waals surface area contributed by atoms with Crippen LogP contribution in [0.5, 0.6) is 0 Å². The molecule has 0 heterocycles. The maximum absolute atomic E-state index is 12.0. The molecule has 0 aromatic carbocycles. The molecule has 196 valence electrons. The molecule has 0 aliphatic carbocycles. The molecule has 0 aliphatic heterocycles. The number of rotatable bonds is 21. The zero-order valence-electron chi connectivity index (χ0n) is 20.7. The molecule has 0 fully saturated rings. The Morgan fingerprint density at radius 3 is 1.97 bits per heavy atom. The Kier molecular flexibility index (Phi) is 20.7. The van der Waals surface area contributed by atoms with E-state index >= 15 is 0 Å². The number of phosphoric ester groups is 1. The van der Waals surface area contributed by atoms with E-state index in [9.17, 15) is 14.2 Å². The predicted molar refractivity (Wildman–Crippen MR) is 133 cm³/mol. The van der Waals surface area contributed by atoms with Gasteiger partial charge in [0.15, 0.2) is 6.10 Å². The molecule has 0 saturated heterocycles. The Balaban J connectivity index is 3.75. The lowest BCUT2D eigenvalue weighted by Gasteiger charge is -2.18. The fourth-order valence-corrected chi connectivity index (χ4v) is 3.35. The largest absolute Gasteiger partial charge is 0.469 e. The molecule has 0 radical (unpaired) electrons. The van der Waals surface area contributed by atoms with Crippen LogP contribution in [0.15, 0.2) is 36.5 Å². The highest BCUT2D eigenvalue weighted by atomic mass is 31.2. The first kappa shape index (κ1) is 32.3. The van der Waals surface area contributed by atoms with Crippen molar-refractivity contribution in [2.24, 2.45) is 0 Å². The first-order chi connectivity index (χ1) is 16.2. The van der Waals surface area contributed by atoms with Gasteiger partial charge in [-0.15, -0.1) is 0 Å². The molecule has 34 heavy (non-hydrogen) atoms. The van der Waals surface area contributed by atoms with Crippen LogP contribution in [-0.4, -0.2) is 41.0 Å². The Hall–Kier alpha value is -1.73. The van der Waals surface area contributed by atoms with Crippen LogP contribution >= 0.6 is 7.82 Å². The number of carbonyl (C=O) groups excluding carboxylic acids is 2. The van der Waals surface area contributed by atoms with Crippen molar-refractivity contribution >= 4 is 19.8 Å². The maximum Gasteiger partial charge on any atom is 0.469 e. The lowest BCUT2D eigenvalue weighted by atomic mass is 10.1. The third kappa shape index (κ3) is 24.9. The van der Waals surface area contributed by atoms with Crippen LogP contribution in [0.4, 0.5) is 0 Å². The van der Waals surface area contributed by atoms with Gasteiger partial charge in [-0.2, -0.15) is 0 Å². The molecule has 2 N–H and O–H groups in total. The fraction of sp³-hybridized carbons (Fsp3) is 0.680. The quantitative estimate of drug-likeness (QED) is 0.0856. The molecule has 8 nitrogen and oxygen atoms in total. The molecular weight excluding hydrogens is 459 g/mol. The van der Waals surface area contributed by atoms with Gasteiger partial charge in [-0.1, -0.05) is 75.5 Å². The van der Waals surface area contributed by atoms with E-state index in [4.69, 9.17) is 19.3 Å². The Morgan fingerprint density at radius 1 is 0.824 bits per heavy atom. The number of hydrogen-bond acceptors (Lipinski definition) is 6. The van der Waals surface area contributed by atoms with Gasteiger partial charge in [0.2, 0.25) is 0 Å². The van der Waals surface area contributed by atoms with E-state index in [-0.39, 0.29) is 13.0 Å². The lowest BCUT2D eigenvalue weighted by Crippen LogP contribution is -2.29. The SMILES string of the molecule is CC/C=C\C/C=C\C/C=C\CCCCCCCCCC(=O)OC(COC(C)=O)COP(=O)(O)O. The van der Waals surface area contributed by atoms with Crippen molar-refractivity contribution in [1.29, 1.82) is 0 Å². The van der Waals surface area contributed by atoms with Crippen molar-refractivity contribution in [3.05, 3.63) is 36.5 Å². The smallest absolute Gasteiger partial charge is 0.462 e. The number of phosphoric acid groups is 1. The van der Waals surface area contributed by atoms with Crippen LogP contribution < -0.4 is 0 Å². The molecule has 9 heteroatoms. The fourth-order valence-electron chi connectivity index (χ4n) is 2.99. The Morgan fingerprint density at radius 2 is 1.38 bits per heavy atom. The van der Waals surface area contributed by atoms with Gasteiger partial charge < -0.3 is 19.3 Å². The first-order valence-corrected chi connectivity index (χ1v) is 13.8. The van der Waals surface area contributed by atoms with Gasteiger partial charge in [0.1, 0.15) is 6.61 Å². The van der Waals surface area contributed by atoms with Gasteiger partial charge in [-0.3, -0.25) is 14.1 Å². The van der Waals surface area contributed by atoms with Crippen molar-refractivity contribution in [3.63, 3.8) is 0 Å². The summed E-state index contributed by atoms with van der Waals surface area (Å²) >= 11 is 0. The normalized spacial score (nSPS) is 13.2. The van der Waals surface area contributed by atoms with Crippen LogP contribution in [0.1, 0.15) is 90.9 Å². The summed E-state index contributed by atoms with van der Waals surface area (Å²) in [6.07, 6.45) is 23.8. The minimum atomic E-state index is -4.71. The lowest BCUT2D eigenvalue weighted by molar-refractivity contribution is -0.160. The number of esters is 2. The second-order valence-corrected chi connectivity index (χ2v) is 9.25. The van der Waals surface area contributed by atoms with E-state index in [1.165, 1.54) is 26.2 Å². The average Bonchev–Trinajstić information content (AvgIpc) is 2.77. The molecule has 1 unspecified atom stereocenters. The van der Waals surface area contributed by atoms with Gasteiger partial charge in [0.05, 0.1) is 6.61 Å². The maximum atomic E-state index is 12.0. The van der Waals surface area contributed by atoms with E-state index in [1.807, 2.05) is 0 Å². The zero-order chi connectivity index (χ0) is 25.5. The van der Waals surface area contributed by atoms with Crippen molar-refractivity contribution in [3.8, 4) is 0 Å². The Labute approximate surface area is 204 Å². The van der Waals surface area contributed by atoms with Gasteiger partial charge in [0.25, 0.3) is 0 Å². The number of ether oxygens (including phenoxy) is 2. The van der Waals surface area contributed by atoms with Crippen molar-refractivity contribution in [2.45, 2.75) is 97.0 Å². The summed E-state index contributed by atoms with van der Waals surface area (Å²) in [5, 5.41) is 0. The molecular formula is C25H43O8P. The van der Waals surface area contributed by atoms with Crippen LogP contribution in [-0.2, 0) is 28.2 Å². The predicted octanol–water partition coefficient (Wildman–Crippen LogP) is 5.94.